The molecule has 37 heavy (non-hydrogen) atoms. The second-order valence-electron chi connectivity index (χ2n) is 8.07. The third-order valence-electron chi connectivity index (χ3n) is 5.86. The number of fused-ring (bicyclic) bond motifs is 2. The first-order valence-electron chi connectivity index (χ1n) is 10.8. The van der Waals surface area contributed by atoms with Crippen molar-refractivity contribution >= 4 is 56.3 Å². The molecule has 6 heterocycles. The third kappa shape index (κ3) is 3.68. The molecule has 0 bridgehead atoms. The predicted octanol–water partition coefficient (Wildman–Crippen LogP) is 3.96. The number of rotatable bonds is 4. The highest BCUT2D eigenvalue weighted by atomic mass is 35.5. The molecule has 0 saturated carbocycles. The van der Waals surface area contributed by atoms with Gasteiger partial charge in [0.05, 0.1) is 21.9 Å². The topological polar surface area (TPSA) is 136 Å². The third-order valence-corrected chi connectivity index (χ3v) is 7.58. The van der Waals surface area contributed by atoms with Crippen LogP contribution >= 0.6 is 34.3 Å². The smallest absolute Gasteiger partial charge is 0.265 e. The standard InChI is InChI=1S/C24H15ClN6O4S2/c1-11-2-3-12-17(32)14(21(34)30(19(12)28-11)23-26-6-8-36-23)10-15-18(33)13-4-5-16(25)29-20(13)31(22(15)35)24-27-7-9-37-24/h2-9,32-33H,10H2,1H3. The SMILES string of the molecule is Cc1ccc2c(O)c(Cc3c(O)c4ccc(Cl)nc4n(-c4nccs4)c3=O)c(=O)n(-c3nccs3)c2n1. The van der Waals surface area contributed by atoms with Crippen LogP contribution in [0.1, 0.15) is 16.8 Å². The lowest BCUT2D eigenvalue weighted by atomic mass is 10.0. The Morgan fingerprint density at radius 2 is 1.32 bits per heavy atom. The first-order chi connectivity index (χ1) is 17.8. The first-order valence-corrected chi connectivity index (χ1v) is 13.0. The molecule has 13 heteroatoms. The lowest BCUT2D eigenvalue weighted by molar-refractivity contribution is 0.466. The Labute approximate surface area is 220 Å². The summed E-state index contributed by atoms with van der Waals surface area (Å²) in [7, 11) is 0. The molecule has 0 aliphatic rings. The Hall–Kier alpha value is -4.13. The average molecular weight is 551 g/mol. The summed E-state index contributed by atoms with van der Waals surface area (Å²) in [6.45, 7) is 1.77. The number of nitrogens with zero attached hydrogens (tertiary/aromatic N) is 6. The second kappa shape index (κ2) is 8.76. The van der Waals surface area contributed by atoms with E-state index in [-0.39, 0.29) is 50.9 Å². The van der Waals surface area contributed by atoms with Crippen molar-refractivity contribution in [3.05, 3.63) is 90.1 Å². The van der Waals surface area contributed by atoms with Crippen LogP contribution in [0.5, 0.6) is 11.5 Å². The fourth-order valence-electron chi connectivity index (χ4n) is 4.17. The van der Waals surface area contributed by atoms with Crippen LogP contribution in [0.2, 0.25) is 5.15 Å². The maximum Gasteiger partial charge on any atom is 0.265 e. The van der Waals surface area contributed by atoms with Crippen molar-refractivity contribution in [2.45, 2.75) is 13.3 Å². The summed E-state index contributed by atoms with van der Waals surface area (Å²) < 4.78 is 2.55. The van der Waals surface area contributed by atoms with Gasteiger partial charge in [-0.1, -0.05) is 11.6 Å². The number of aromatic nitrogens is 6. The summed E-state index contributed by atoms with van der Waals surface area (Å²) in [5.74, 6) is -0.687. The monoisotopic (exact) mass is 550 g/mol. The molecule has 0 spiro atoms. The van der Waals surface area contributed by atoms with E-state index in [0.29, 0.717) is 21.3 Å². The molecule has 6 rings (SSSR count). The predicted molar refractivity (Wildman–Crippen MR) is 142 cm³/mol. The minimum atomic E-state index is -0.642. The van der Waals surface area contributed by atoms with E-state index < -0.39 is 11.1 Å². The van der Waals surface area contributed by atoms with Gasteiger partial charge in [-0.2, -0.15) is 0 Å². The number of hydrogen-bond acceptors (Lipinski definition) is 10. The Morgan fingerprint density at radius 3 is 1.84 bits per heavy atom. The van der Waals surface area contributed by atoms with Gasteiger partial charge in [0.25, 0.3) is 11.1 Å². The number of aryl methyl sites for hydroxylation is 1. The van der Waals surface area contributed by atoms with E-state index in [2.05, 4.69) is 19.9 Å². The maximum absolute atomic E-state index is 13.8. The van der Waals surface area contributed by atoms with Crippen LogP contribution < -0.4 is 11.1 Å². The van der Waals surface area contributed by atoms with Gasteiger partial charge in [-0.25, -0.2) is 29.1 Å². The zero-order chi connectivity index (χ0) is 25.8. The zero-order valence-electron chi connectivity index (χ0n) is 18.9. The molecule has 0 aromatic carbocycles. The summed E-state index contributed by atoms with van der Waals surface area (Å²) >= 11 is 8.52. The highest BCUT2D eigenvalue weighted by molar-refractivity contribution is 7.12. The van der Waals surface area contributed by atoms with Crippen LogP contribution in [-0.2, 0) is 6.42 Å². The summed E-state index contributed by atoms with van der Waals surface area (Å²) in [5.41, 5.74) is -0.436. The van der Waals surface area contributed by atoms with Crippen LogP contribution in [0.3, 0.4) is 0 Å². The van der Waals surface area contributed by atoms with Gasteiger partial charge in [-0.3, -0.25) is 9.59 Å². The van der Waals surface area contributed by atoms with E-state index >= 15 is 0 Å². The van der Waals surface area contributed by atoms with Gasteiger partial charge in [0.1, 0.15) is 16.7 Å². The molecule has 184 valence electrons. The number of hydrogen-bond donors (Lipinski definition) is 2. The number of aromatic hydroxyl groups is 2. The van der Waals surface area contributed by atoms with Crippen LogP contribution in [0.4, 0.5) is 0 Å². The molecule has 6 aromatic rings. The molecule has 0 fully saturated rings. The number of thiazole rings is 2. The fourth-order valence-corrected chi connectivity index (χ4v) is 5.59. The Balaban J connectivity index is 1.67. The Kier molecular flexibility index (Phi) is 5.51. The van der Waals surface area contributed by atoms with Crippen molar-refractivity contribution in [1.29, 1.82) is 0 Å². The van der Waals surface area contributed by atoms with Crippen LogP contribution in [-0.4, -0.2) is 39.3 Å². The molecular formula is C24H15ClN6O4S2. The van der Waals surface area contributed by atoms with Gasteiger partial charge in [0.2, 0.25) is 0 Å². The van der Waals surface area contributed by atoms with E-state index in [4.69, 9.17) is 11.6 Å². The molecule has 0 aliphatic carbocycles. The quantitative estimate of drug-likeness (QED) is 0.315. The molecular weight excluding hydrogens is 536 g/mol. The number of halogens is 1. The average Bonchev–Trinajstić information content (AvgIpc) is 3.59. The van der Waals surface area contributed by atoms with E-state index in [0.717, 1.165) is 0 Å². The van der Waals surface area contributed by atoms with Gasteiger partial charge in [0, 0.05) is 35.3 Å². The highest BCUT2D eigenvalue weighted by Gasteiger charge is 2.25. The molecule has 10 nitrogen and oxygen atoms in total. The van der Waals surface area contributed by atoms with Gasteiger partial charge in [-0.05, 0) is 31.2 Å². The van der Waals surface area contributed by atoms with Crippen LogP contribution in [0.25, 0.3) is 32.3 Å². The summed E-state index contributed by atoms with van der Waals surface area (Å²) in [6, 6.07) is 6.38. The largest absolute Gasteiger partial charge is 0.507 e. The second-order valence-corrected chi connectivity index (χ2v) is 10.2. The molecule has 6 aromatic heterocycles. The van der Waals surface area contributed by atoms with Crippen molar-refractivity contribution in [2.75, 3.05) is 0 Å². The minimum absolute atomic E-state index is 0.0901. The molecule has 0 unspecified atom stereocenters. The molecule has 0 saturated heterocycles. The van der Waals surface area contributed by atoms with Crippen molar-refractivity contribution in [1.82, 2.24) is 29.1 Å². The molecule has 0 radical (unpaired) electrons. The molecule has 0 atom stereocenters. The van der Waals surface area contributed by atoms with Crippen LogP contribution in [0.15, 0.2) is 57.0 Å². The molecule has 2 N–H and O–H groups in total. The normalized spacial score (nSPS) is 11.5. The van der Waals surface area contributed by atoms with Gasteiger partial charge >= 0.3 is 0 Å². The van der Waals surface area contributed by atoms with Crippen molar-refractivity contribution in [3.63, 3.8) is 0 Å². The fraction of sp³-hybridized carbons (Fsp3) is 0.0833. The van der Waals surface area contributed by atoms with Gasteiger partial charge < -0.3 is 10.2 Å². The van der Waals surface area contributed by atoms with Crippen molar-refractivity contribution in [2.24, 2.45) is 0 Å². The van der Waals surface area contributed by atoms with Crippen molar-refractivity contribution in [3.8, 4) is 21.8 Å². The van der Waals surface area contributed by atoms with Gasteiger partial charge in [0.15, 0.2) is 21.6 Å². The lowest BCUT2D eigenvalue weighted by Crippen LogP contribution is -2.28. The van der Waals surface area contributed by atoms with E-state index in [9.17, 15) is 19.8 Å². The summed E-state index contributed by atoms with van der Waals surface area (Å²) in [5, 5.41) is 27.1. The highest BCUT2D eigenvalue weighted by Crippen LogP contribution is 2.33. The lowest BCUT2D eigenvalue weighted by Gasteiger charge is -2.15. The Morgan fingerprint density at radius 1 is 0.811 bits per heavy atom. The zero-order valence-corrected chi connectivity index (χ0v) is 21.3. The minimum Gasteiger partial charge on any atom is -0.507 e. The van der Waals surface area contributed by atoms with Crippen LogP contribution in [0, 0.1) is 6.92 Å². The molecule has 0 aliphatic heterocycles. The summed E-state index contributed by atoms with van der Waals surface area (Å²) in [6.07, 6.45) is 2.72. The van der Waals surface area contributed by atoms with E-state index in [1.54, 1.807) is 36.0 Å². The number of pyridine rings is 4. The molecule has 0 amide bonds. The van der Waals surface area contributed by atoms with Gasteiger partial charge in [-0.15, -0.1) is 22.7 Å². The van der Waals surface area contributed by atoms with E-state index in [1.807, 2.05) is 0 Å². The maximum atomic E-state index is 13.8. The van der Waals surface area contributed by atoms with E-state index in [1.165, 1.54) is 50.1 Å². The summed E-state index contributed by atoms with van der Waals surface area (Å²) in [4.78, 5) is 44.7. The first kappa shape index (κ1) is 23.3. The van der Waals surface area contributed by atoms with Crippen molar-refractivity contribution < 1.29 is 10.2 Å². The Bertz CT molecular complexity index is 1810.